The molecule has 1 saturated heterocycles. The van der Waals surface area contributed by atoms with Gasteiger partial charge in [-0.2, -0.15) is 0 Å². The number of rotatable bonds is 5. The molecule has 0 aliphatic carbocycles. The molecule has 2 heterocycles. The maximum Gasteiger partial charge on any atom is 0.255 e. The number of hydrogen-bond acceptors (Lipinski definition) is 3. The van der Waals surface area contributed by atoms with Gasteiger partial charge in [0.2, 0.25) is 0 Å². The second kappa shape index (κ2) is 8.59. The lowest BCUT2D eigenvalue weighted by Gasteiger charge is -2.35. The lowest BCUT2D eigenvalue weighted by atomic mass is 10.2. The molecule has 5 nitrogen and oxygen atoms in total. The molecule has 1 aromatic heterocycles. The summed E-state index contributed by atoms with van der Waals surface area (Å²) in [5.41, 5.74) is 1.71. The topological polar surface area (TPSA) is 41.4 Å². The summed E-state index contributed by atoms with van der Waals surface area (Å²) in [6.45, 7) is 4.99. The molecular weight excluding hydrogens is 372 g/mol. The molecule has 6 heteroatoms. The smallest absolute Gasteiger partial charge is 0.255 e. The summed E-state index contributed by atoms with van der Waals surface area (Å²) in [6, 6.07) is 17.5. The van der Waals surface area contributed by atoms with Crippen LogP contribution in [0.5, 0.6) is 0 Å². The van der Waals surface area contributed by atoms with E-state index in [4.69, 9.17) is 11.6 Å². The first-order chi connectivity index (χ1) is 13.7. The molecule has 144 valence electrons. The van der Waals surface area contributed by atoms with Crippen molar-refractivity contribution in [2.45, 2.75) is 6.54 Å². The third-order valence-electron chi connectivity index (χ3n) is 5.17. The monoisotopic (exact) mass is 394 g/mol. The molecule has 28 heavy (non-hydrogen) atoms. The normalized spacial score (nSPS) is 15.0. The fourth-order valence-electron chi connectivity index (χ4n) is 3.57. The molecule has 3 aromatic rings. The summed E-state index contributed by atoms with van der Waals surface area (Å²) < 4.78 is 2.19. The Morgan fingerprint density at radius 2 is 1.64 bits per heavy atom. The highest BCUT2D eigenvalue weighted by Gasteiger charge is 2.23. The summed E-state index contributed by atoms with van der Waals surface area (Å²) in [7, 11) is 0. The van der Waals surface area contributed by atoms with Crippen molar-refractivity contribution in [1.82, 2.24) is 19.4 Å². The summed E-state index contributed by atoms with van der Waals surface area (Å²) >= 11 is 6.17. The zero-order valence-corrected chi connectivity index (χ0v) is 16.4. The molecule has 1 amide bonds. The number of imidazole rings is 1. The van der Waals surface area contributed by atoms with Crippen molar-refractivity contribution in [2.75, 3.05) is 32.7 Å². The van der Waals surface area contributed by atoms with Crippen LogP contribution in [0.2, 0.25) is 5.02 Å². The molecule has 0 radical (unpaired) electrons. The van der Waals surface area contributed by atoms with E-state index in [1.54, 1.807) is 12.1 Å². The average Bonchev–Trinajstić information content (AvgIpc) is 3.22. The van der Waals surface area contributed by atoms with Crippen LogP contribution in [0.3, 0.4) is 0 Å². The van der Waals surface area contributed by atoms with Crippen molar-refractivity contribution in [1.29, 1.82) is 0 Å². The summed E-state index contributed by atoms with van der Waals surface area (Å²) in [4.78, 5) is 21.5. The standard InChI is InChI=1S/C22H23ClN4O/c23-20-9-5-4-8-19(20)22(28)27-16-13-25(14-17-27)12-15-26-11-10-24-21(26)18-6-2-1-3-7-18/h1-11H,12-17H2. The van der Waals surface area contributed by atoms with Gasteiger partial charge in [0.15, 0.2) is 0 Å². The quantitative estimate of drug-likeness (QED) is 0.663. The van der Waals surface area contributed by atoms with Crippen LogP contribution >= 0.6 is 11.6 Å². The third kappa shape index (κ3) is 4.11. The number of piperazine rings is 1. The van der Waals surface area contributed by atoms with Crippen molar-refractivity contribution in [3.8, 4) is 11.4 Å². The first-order valence-electron chi connectivity index (χ1n) is 9.55. The van der Waals surface area contributed by atoms with Crippen LogP contribution < -0.4 is 0 Å². The highest BCUT2D eigenvalue weighted by atomic mass is 35.5. The minimum absolute atomic E-state index is 0.0197. The second-order valence-electron chi connectivity index (χ2n) is 6.92. The van der Waals surface area contributed by atoms with Crippen LogP contribution in [-0.2, 0) is 6.54 Å². The Morgan fingerprint density at radius 1 is 0.929 bits per heavy atom. The number of carbonyl (C=O) groups excluding carboxylic acids is 1. The maximum atomic E-state index is 12.7. The molecule has 4 rings (SSSR count). The molecule has 0 N–H and O–H groups in total. The molecule has 0 atom stereocenters. The molecule has 0 unspecified atom stereocenters. The Labute approximate surface area is 170 Å². The number of halogens is 1. The van der Waals surface area contributed by atoms with Crippen molar-refractivity contribution in [3.63, 3.8) is 0 Å². The first-order valence-corrected chi connectivity index (χ1v) is 9.93. The number of amides is 1. The SMILES string of the molecule is O=C(c1ccccc1Cl)N1CCN(CCn2ccnc2-c2ccccc2)CC1. The molecule has 0 spiro atoms. The van der Waals surface area contributed by atoms with Gasteiger partial charge in [0.05, 0.1) is 10.6 Å². The van der Waals surface area contributed by atoms with E-state index in [9.17, 15) is 4.79 Å². The molecule has 1 fully saturated rings. The van der Waals surface area contributed by atoms with Gasteiger partial charge in [0.25, 0.3) is 5.91 Å². The van der Waals surface area contributed by atoms with E-state index in [1.807, 2.05) is 47.6 Å². The number of benzene rings is 2. The minimum Gasteiger partial charge on any atom is -0.336 e. The van der Waals surface area contributed by atoms with E-state index < -0.39 is 0 Å². The van der Waals surface area contributed by atoms with Crippen LogP contribution in [-0.4, -0.2) is 58.0 Å². The number of carbonyl (C=O) groups is 1. The van der Waals surface area contributed by atoms with E-state index >= 15 is 0 Å². The average molecular weight is 395 g/mol. The van der Waals surface area contributed by atoms with Gasteiger partial charge in [-0.1, -0.05) is 54.1 Å². The van der Waals surface area contributed by atoms with E-state index in [2.05, 4.69) is 26.6 Å². The molecule has 1 aliphatic rings. The fourth-order valence-corrected chi connectivity index (χ4v) is 3.78. The van der Waals surface area contributed by atoms with Crippen molar-refractivity contribution >= 4 is 17.5 Å². The van der Waals surface area contributed by atoms with Gasteiger partial charge in [-0.3, -0.25) is 9.69 Å². The molecule has 2 aromatic carbocycles. The first kappa shape index (κ1) is 18.7. The lowest BCUT2D eigenvalue weighted by molar-refractivity contribution is 0.0633. The Bertz CT molecular complexity index is 932. The van der Waals surface area contributed by atoms with Gasteiger partial charge in [0, 0.05) is 57.2 Å². The van der Waals surface area contributed by atoms with Crippen molar-refractivity contribution in [3.05, 3.63) is 77.6 Å². The van der Waals surface area contributed by atoms with Gasteiger partial charge in [-0.05, 0) is 12.1 Å². The van der Waals surface area contributed by atoms with E-state index in [0.717, 1.165) is 50.7 Å². The third-order valence-corrected chi connectivity index (χ3v) is 5.50. The summed E-state index contributed by atoms with van der Waals surface area (Å²) in [5, 5.41) is 0.517. The zero-order chi connectivity index (χ0) is 19.3. The van der Waals surface area contributed by atoms with E-state index in [-0.39, 0.29) is 5.91 Å². The van der Waals surface area contributed by atoms with E-state index in [0.29, 0.717) is 10.6 Å². The Hall–Kier alpha value is -2.63. The van der Waals surface area contributed by atoms with Crippen LogP contribution in [0.4, 0.5) is 0 Å². The molecular formula is C22H23ClN4O. The molecule has 0 bridgehead atoms. The predicted octanol–water partition coefficient (Wildman–Crippen LogP) is 3.66. The fraction of sp³-hybridized carbons (Fsp3) is 0.273. The Morgan fingerprint density at radius 3 is 2.39 bits per heavy atom. The Kier molecular flexibility index (Phi) is 5.74. The number of hydrogen-bond donors (Lipinski definition) is 0. The van der Waals surface area contributed by atoms with Crippen LogP contribution in [0.1, 0.15) is 10.4 Å². The van der Waals surface area contributed by atoms with Crippen LogP contribution in [0, 0.1) is 0 Å². The lowest BCUT2D eigenvalue weighted by Crippen LogP contribution is -2.49. The Balaban J connectivity index is 1.32. The second-order valence-corrected chi connectivity index (χ2v) is 7.33. The largest absolute Gasteiger partial charge is 0.336 e. The van der Waals surface area contributed by atoms with Crippen molar-refractivity contribution in [2.24, 2.45) is 0 Å². The maximum absolute atomic E-state index is 12.7. The number of nitrogens with zero attached hydrogens (tertiary/aromatic N) is 4. The van der Waals surface area contributed by atoms with Gasteiger partial charge >= 0.3 is 0 Å². The summed E-state index contributed by atoms with van der Waals surface area (Å²) in [5.74, 6) is 1.01. The predicted molar refractivity (Wildman–Crippen MR) is 111 cm³/mol. The van der Waals surface area contributed by atoms with Gasteiger partial charge in [0.1, 0.15) is 5.82 Å². The highest BCUT2D eigenvalue weighted by Crippen LogP contribution is 2.19. The van der Waals surface area contributed by atoms with Crippen LogP contribution in [0.25, 0.3) is 11.4 Å². The van der Waals surface area contributed by atoms with Gasteiger partial charge in [-0.15, -0.1) is 0 Å². The minimum atomic E-state index is 0.0197. The highest BCUT2D eigenvalue weighted by molar-refractivity contribution is 6.33. The van der Waals surface area contributed by atoms with E-state index in [1.165, 1.54) is 0 Å². The van der Waals surface area contributed by atoms with Crippen LogP contribution in [0.15, 0.2) is 67.0 Å². The molecule has 1 aliphatic heterocycles. The number of aromatic nitrogens is 2. The van der Waals surface area contributed by atoms with Gasteiger partial charge < -0.3 is 9.47 Å². The molecule has 0 saturated carbocycles. The summed E-state index contributed by atoms with van der Waals surface area (Å²) in [6.07, 6.45) is 3.88. The van der Waals surface area contributed by atoms with Crippen molar-refractivity contribution < 1.29 is 4.79 Å². The van der Waals surface area contributed by atoms with Gasteiger partial charge in [-0.25, -0.2) is 4.98 Å². The zero-order valence-electron chi connectivity index (χ0n) is 15.7.